The molecule has 2 nitrogen and oxygen atoms in total. The molecule has 0 radical (unpaired) electrons. The Labute approximate surface area is 109 Å². The first-order valence-corrected chi connectivity index (χ1v) is 5.34. The summed E-state index contributed by atoms with van der Waals surface area (Å²) in [5.74, 6) is -5.64. The highest BCUT2D eigenvalue weighted by molar-refractivity contribution is 5.99. The number of nitrogens with zero attached hydrogens (tertiary/aromatic N) is 1. The zero-order valence-corrected chi connectivity index (χ0v) is 9.71. The number of alkyl halides is 2. The van der Waals surface area contributed by atoms with Crippen LogP contribution in [0.2, 0.25) is 0 Å². The Hall–Kier alpha value is -2.31. The molecule has 0 bridgehead atoms. The smallest absolute Gasteiger partial charge is 0.288 e. The third kappa shape index (κ3) is 2.52. The number of hydrogen-bond acceptors (Lipinski definition) is 2. The number of carbonyl (C=O) groups is 1. The molecule has 0 aliphatic heterocycles. The first kappa shape index (κ1) is 14.1. The molecule has 0 aliphatic rings. The van der Waals surface area contributed by atoms with E-state index in [1.54, 1.807) is 0 Å². The fourth-order valence-electron chi connectivity index (χ4n) is 1.59. The summed E-state index contributed by atoms with van der Waals surface area (Å²) >= 11 is 0. The van der Waals surface area contributed by atoms with Gasteiger partial charge in [0.2, 0.25) is 5.78 Å². The molecule has 0 spiro atoms. The minimum atomic E-state index is -3.43. The van der Waals surface area contributed by atoms with E-state index in [1.807, 2.05) is 0 Å². The van der Waals surface area contributed by atoms with E-state index in [0.717, 1.165) is 30.5 Å². The van der Waals surface area contributed by atoms with Gasteiger partial charge in [0.15, 0.2) is 11.6 Å². The summed E-state index contributed by atoms with van der Waals surface area (Å²) in [5.41, 5.74) is -1.48. The van der Waals surface area contributed by atoms with Crippen molar-refractivity contribution in [3.05, 3.63) is 53.5 Å². The molecular formula is C13H6F5NO. The minimum absolute atomic E-state index is 0.0844. The Bertz CT molecular complexity index is 655. The van der Waals surface area contributed by atoms with Crippen molar-refractivity contribution in [2.45, 2.75) is 6.43 Å². The van der Waals surface area contributed by atoms with Crippen LogP contribution >= 0.6 is 0 Å². The van der Waals surface area contributed by atoms with E-state index < -0.39 is 35.2 Å². The summed E-state index contributed by atoms with van der Waals surface area (Å²) < 4.78 is 64.5. The van der Waals surface area contributed by atoms with Crippen molar-refractivity contribution in [2.75, 3.05) is 0 Å². The molecule has 2 aromatic rings. The van der Waals surface area contributed by atoms with Gasteiger partial charge in [-0.1, -0.05) is 0 Å². The van der Waals surface area contributed by atoms with E-state index in [2.05, 4.69) is 4.98 Å². The minimum Gasteiger partial charge on any atom is -0.288 e. The van der Waals surface area contributed by atoms with Crippen LogP contribution in [0.25, 0.3) is 11.3 Å². The van der Waals surface area contributed by atoms with Gasteiger partial charge in [-0.15, -0.1) is 0 Å². The highest BCUT2D eigenvalue weighted by Crippen LogP contribution is 2.26. The Morgan fingerprint density at radius 2 is 1.70 bits per heavy atom. The van der Waals surface area contributed by atoms with E-state index in [4.69, 9.17) is 0 Å². The van der Waals surface area contributed by atoms with Gasteiger partial charge < -0.3 is 0 Å². The molecule has 0 fully saturated rings. The van der Waals surface area contributed by atoms with Gasteiger partial charge in [0.25, 0.3) is 0 Å². The summed E-state index contributed by atoms with van der Waals surface area (Å²) in [6.07, 6.45) is -2.64. The van der Waals surface area contributed by atoms with Gasteiger partial charge >= 0.3 is 6.43 Å². The molecule has 0 saturated heterocycles. The van der Waals surface area contributed by atoms with Gasteiger partial charge in [-0.3, -0.25) is 9.78 Å². The Kier molecular flexibility index (Phi) is 3.78. The summed E-state index contributed by atoms with van der Waals surface area (Å²) in [6, 6.07) is 3.77. The number of benzene rings is 1. The second-order valence-electron chi connectivity index (χ2n) is 3.82. The highest BCUT2D eigenvalue weighted by atomic mass is 19.3. The van der Waals surface area contributed by atoms with Crippen molar-refractivity contribution in [3.63, 3.8) is 0 Å². The van der Waals surface area contributed by atoms with Crippen LogP contribution in [0.4, 0.5) is 22.0 Å². The lowest BCUT2D eigenvalue weighted by atomic mass is 10.0. The molecule has 0 atom stereocenters. The molecule has 104 valence electrons. The predicted molar refractivity (Wildman–Crippen MR) is 59.9 cm³/mol. The summed E-state index contributed by atoms with van der Waals surface area (Å²) in [4.78, 5) is 14.5. The maximum absolute atomic E-state index is 13.8. The van der Waals surface area contributed by atoms with Crippen molar-refractivity contribution >= 4 is 5.78 Å². The number of pyridine rings is 1. The predicted octanol–water partition coefficient (Wildman–Crippen LogP) is 3.61. The first-order valence-electron chi connectivity index (χ1n) is 5.34. The van der Waals surface area contributed by atoms with E-state index in [0.29, 0.717) is 0 Å². The third-order valence-corrected chi connectivity index (χ3v) is 2.55. The summed E-state index contributed by atoms with van der Waals surface area (Å²) in [5, 5.41) is 0. The number of carbonyl (C=O) groups excluding carboxylic acids is 1. The number of halogens is 5. The van der Waals surface area contributed by atoms with Gasteiger partial charge in [0.05, 0.1) is 17.5 Å². The summed E-state index contributed by atoms with van der Waals surface area (Å²) in [7, 11) is 0. The van der Waals surface area contributed by atoms with E-state index in [1.165, 1.54) is 0 Å². The Morgan fingerprint density at radius 1 is 1.00 bits per heavy atom. The molecule has 0 saturated carbocycles. The lowest BCUT2D eigenvalue weighted by Crippen LogP contribution is -2.13. The lowest BCUT2D eigenvalue weighted by molar-refractivity contribution is 0.0673. The second kappa shape index (κ2) is 5.36. The fraction of sp³-hybridized carbons (Fsp3) is 0.0769. The van der Waals surface area contributed by atoms with Crippen molar-refractivity contribution in [1.29, 1.82) is 0 Å². The van der Waals surface area contributed by atoms with Crippen molar-refractivity contribution < 1.29 is 26.7 Å². The molecule has 0 N–H and O–H groups in total. The maximum atomic E-state index is 13.8. The monoisotopic (exact) mass is 287 g/mol. The van der Waals surface area contributed by atoms with Crippen molar-refractivity contribution in [3.8, 4) is 11.3 Å². The highest BCUT2D eigenvalue weighted by Gasteiger charge is 2.25. The van der Waals surface area contributed by atoms with Crippen LogP contribution in [0.1, 0.15) is 10.4 Å². The molecule has 20 heavy (non-hydrogen) atoms. The maximum Gasteiger partial charge on any atom is 0.300 e. The normalized spacial score (nSPS) is 10.9. The zero-order valence-electron chi connectivity index (χ0n) is 9.71. The summed E-state index contributed by atoms with van der Waals surface area (Å²) in [6.45, 7) is 0. The molecule has 1 aromatic heterocycles. The topological polar surface area (TPSA) is 30.0 Å². The molecular weight excluding hydrogens is 281 g/mol. The quantitative estimate of drug-likeness (QED) is 0.637. The number of aromatic nitrogens is 1. The number of ketones is 1. The molecule has 0 unspecified atom stereocenters. The standard InChI is InChI=1S/C13H6F5NO/c14-6-1-4-9(19-5-6)7-2-3-8(11(16)10(7)15)12(20)13(17)18/h1-5,13H. The van der Waals surface area contributed by atoms with Crippen LogP contribution < -0.4 is 0 Å². The van der Waals surface area contributed by atoms with Gasteiger partial charge in [0, 0.05) is 5.56 Å². The number of Topliss-reactive ketones (excluding diaryl/α,β-unsaturated/α-hetero) is 1. The van der Waals surface area contributed by atoms with Crippen LogP contribution in [-0.4, -0.2) is 17.2 Å². The van der Waals surface area contributed by atoms with Gasteiger partial charge in [0.1, 0.15) is 5.82 Å². The van der Waals surface area contributed by atoms with Gasteiger partial charge in [-0.05, 0) is 24.3 Å². The molecule has 7 heteroatoms. The average Bonchev–Trinajstić information content (AvgIpc) is 2.42. The van der Waals surface area contributed by atoms with Crippen LogP contribution in [0.3, 0.4) is 0 Å². The molecule has 0 aliphatic carbocycles. The van der Waals surface area contributed by atoms with E-state index in [-0.39, 0.29) is 11.3 Å². The first-order chi connectivity index (χ1) is 9.41. The lowest BCUT2D eigenvalue weighted by Gasteiger charge is -2.07. The van der Waals surface area contributed by atoms with E-state index >= 15 is 0 Å². The zero-order chi connectivity index (χ0) is 14.9. The molecule has 1 aromatic carbocycles. The number of rotatable bonds is 3. The van der Waals surface area contributed by atoms with E-state index in [9.17, 15) is 26.7 Å². The third-order valence-electron chi connectivity index (χ3n) is 2.55. The fourth-order valence-corrected chi connectivity index (χ4v) is 1.59. The van der Waals surface area contributed by atoms with Crippen LogP contribution in [0, 0.1) is 17.5 Å². The Balaban J connectivity index is 2.51. The average molecular weight is 287 g/mol. The van der Waals surface area contributed by atoms with Crippen molar-refractivity contribution in [2.24, 2.45) is 0 Å². The SMILES string of the molecule is O=C(c1ccc(-c2ccc(F)cn2)c(F)c1F)C(F)F. The molecule has 2 rings (SSSR count). The Morgan fingerprint density at radius 3 is 2.25 bits per heavy atom. The molecule has 1 heterocycles. The number of hydrogen-bond donors (Lipinski definition) is 0. The van der Waals surface area contributed by atoms with Crippen LogP contribution in [-0.2, 0) is 0 Å². The largest absolute Gasteiger partial charge is 0.300 e. The van der Waals surface area contributed by atoms with Crippen molar-refractivity contribution in [1.82, 2.24) is 4.98 Å². The second-order valence-corrected chi connectivity index (χ2v) is 3.82. The van der Waals surface area contributed by atoms with Gasteiger partial charge in [-0.25, -0.2) is 22.0 Å². The van der Waals surface area contributed by atoms with Gasteiger partial charge in [-0.2, -0.15) is 0 Å². The van der Waals surface area contributed by atoms with Crippen LogP contribution in [0.5, 0.6) is 0 Å². The van der Waals surface area contributed by atoms with Crippen LogP contribution in [0.15, 0.2) is 30.5 Å². The molecule has 0 amide bonds.